The Morgan fingerprint density at radius 1 is 1.15 bits per heavy atom. The van der Waals surface area contributed by atoms with Gasteiger partial charge in [0.15, 0.2) is 5.43 Å². The van der Waals surface area contributed by atoms with E-state index in [2.05, 4.69) is 15.4 Å². The summed E-state index contributed by atoms with van der Waals surface area (Å²) >= 11 is 0. The first-order chi connectivity index (χ1) is 12.6. The van der Waals surface area contributed by atoms with E-state index in [1.165, 1.54) is 31.6 Å². The monoisotopic (exact) mass is 351 g/mol. The molecule has 0 saturated heterocycles. The summed E-state index contributed by atoms with van der Waals surface area (Å²) in [5.41, 5.74) is 1.46. The summed E-state index contributed by atoms with van der Waals surface area (Å²) in [6.45, 7) is -0.00375. The Hall–Kier alpha value is -3.55. The van der Waals surface area contributed by atoms with Crippen molar-refractivity contribution in [2.24, 2.45) is 0 Å². The molecule has 26 heavy (non-hydrogen) atoms. The van der Waals surface area contributed by atoms with Gasteiger partial charge >= 0.3 is 0 Å². The predicted molar refractivity (Wildman–Crippen MR) is 94.7 cm³/mol. The van der Waals surface area contributed by atoms with Crippen molar-refractivity contribution in [3.8, 4) is 5.69 Å². The van der Waals surface area contributed by atoms with Crippen molar-refractivity contribution in [1.82, 2.24) is 24.6 Å². The number of nitrogens with zero attached hydrogens (tertiary/aromatic N) is 4. The first-order valence-electron chi connectivity index (χ1n) is 7.90. The highest BCUT2D eigenvalue weighted by atomic mass is 19.1. The molecule has 130 valence electrons. The van der Waals surface area contributed by atoms with Crippen LogP contribution in [-0.4, -0.2) is 32.3 Å². The summed E-state index contributed by atoms with van der Waals surface area (Å²) in [4.78, 5) is 28.8. The maximum Gasteiger partial charge on any atom is 0.239 e. The molecule has 4 aromatic rings. The van der Waals surface area contributed by atoms with Crippen LogP contribution < -0.4 is 10.7 Å². The van der Waals surface area contributed by atoms with Crippen molar-refractivity contribution in [2.75, 3.05) is 7.05 Å². The molecular formula is C18H14FN5O2. The molecule has 0 spiro atoms. The quantitative estimate of drug-likeness (QED) is 0.569. The second-order valence-electron chi connectivity index (χ2n) is 5.79. The highest BCUT2D eigenvalue weighted by Gasteiger charge is 2.14. The molecule has 2 aromatic carbocycles. The second kappa shape index (κ2) is 6.07. The lowest BCUT2D eigenvalue weighted by Crippen LogP contribution is -2.25. The van der Waals surface area contributed by atoms with Gasteiger partial charge in [0, 0.05) is 17.8 Å². The van der Waals surface area contributed by atoms with E-state index >= 15 is 0 Å². The molecule has 2 aromatic heterocycles. The number of nitrogens with one attached hydrogen (secondary N) is 1. The zero-order chi connectivity index (χ0) is 18.3. The van der Waals surface area contributed by atoms with Crippen LogP contribution in [0.1, 0.15) is 0 Å². The number of likely N-dealkylation sites (N-methyl/N-ethyl adjacent to an activating group) is 1. The van der Waals surface area contributed by atoms with E-state index < -0.39 is 5.82 Å². The maximum absolute atomic E-state index is 13.7. The van der Waals surface area contributed by atoms with Gasteiger partial charge in [0.25, 0.3) is 0 Å². The number of hydrogen-bond acceptors (Lipinski definition) is 4. The Labute approximate surface area is 146 Å². The van der Waals surface area contributed by atoms with Crippen molar-refractivity contribution >= 4 is 27.7 Å². The number of amides is 1. The number of carbonyl (C=O) groups excluding carboxylic acids is 1. The Kier molecular flexibility index (Phi) is 3.72. The van der Waals surface area contributed by atoms with Gasteiger partial charge in [0.05, 0.1) is 16.7 Å². The summed E-state index contributed by atoms with van der Waals surface area (Å²) in [5, 5.41) is 7.29. The fourth-order valence-corrected chi connectivity index (χ4v) is 3.01. The highest BCUT2D eigenvalue weighted by Crippen LogP contribution is 2.22. The fourth-order valence-electron chi connectivity index (χ4n) is 3.01. The topological polar surface area (TPSA) is 81.8 Å². The van der Waals surface area contributed by atoms with Crippen LogP contribution in [0.15, 0.2) is 53.8 Å². The van der Waals surface area contributed by atoms with E-state index in [1.54, 1.807) is 33.8 Å². The lowest BCUT2D eigenvalue weighted by atomic mass is 10.1. The zero-order valence-electron chi connectivity index (χ0n) is 13.8. The van der Waals surface area contributed by atoms with E-state index in [0.717, 1.165) is 0 Å². The van der Waals surface area contributed by atoms with Gasteiger partial charge in [0.2, 0.25) is 5.91 Å². The molecule has 0 aliphatic carbocycles. The van der Waals surface area contributed by atoms with Crippen LogP contribution in [0.5, 0.6) is 0 Å². The average molecular weight is 351 g/mol. The Bertz CT molecular complexity index is 1200. The number of pyridine rings is 1. The number of rotatable bonds is 3. The average Bonchev–Trinajstić information content (AvgIpc) is 3.19. The molecule has 1 N–H and O–H groups in total. The van der Waals surface area contributed by atoms with Crippen LogP contribution >= 0.6 is 0 Å². The van der Waals surface area contributed by atoms with Crippen molar-refractivity contribution in [1.29, 1.82) is 0 Å². The number of benzene rings is 2. The lowest BCUT2D eigenvalue weighted by molar-refractivity contribution is -0.121. The minimum atomic E-state index is -0.500. The molecule has 2 heterocycles. The molecule has 0 radical (unpaired) electrons. The molecule has 1 amide bonds. The summed E-state index contributed by atoms with van der Waals surface area (Å²) in [6, 6.07) is 9.12. The number of hydrogen-bond donors (Lipinski definition) is 1. The fraction of sp³-hybridized carbons (Fsp3) is 0.111. The number of fused-ring (bicyclic) bond motifs is 2. The number of carbonyl (C=O) groups is 1. The molecule has 7 nitrogen and oxygen atoms in total. The van der Waals surface area contributed by atoms with Gasteiger partial charge in [-0.15, -0.1) is 0 Å². The summed E-state index contributed by atoms with van der Waals surface area (Å²) in [7, 11) is 1.54. The first kappa shape index (κ1) is 15.9. The van der Waals surface area contributed by atoms with Crippen LogP contribution in [0.2, 0.25) is 0 Å². The highest BCUT2D eigenvalue weighted by molar-refractivity contribution is 5.95. The molecule has 0 saturated carbocycles. The molecule has 0 aliphatic heterocycles. The van der Waals surface area contributed by atoms with Gasteiger partial charge in [0.1, 0.15) is 25.0 Å². The molecule has 0 unspecified atom stereocenters. The third-order valence-electron chi connectivity index (χ3n) is 4.27. The third-order valence-corrected chi connectivity index (χ3v) is 4.27. The van der Waals surface area contributed by atoms with Crippen molar-refractivity contribution in [3.63, 3.8) is 0 Å². The van der Waals surface area contributed by atoms with Crippen molar-refractivity contribution < 1.29 is 9.18 Å². The van der Waals surface area contributed by atoms with E-state index in [1.807, 2.05) is 0 Å². The van der Waals surface area contributed by atoms with Gasteiger partial charge in [-0.05, 0) is 36.4 Å². The van der Waals surface area contributed by atoms with Gasteiger partial charge < -0.3 is 9.88 Å². The van der Waals surface area contributed by atoms with Crippen molar-refractivity contribution in [2.45, 2.75) is 6.54 Å². The van der Waals surface area contributed by atoms with Gasteiger partial charge in [-0.3, -0.25) is 9.59 Å². The molecule has 0 fully saturated rings. The number of aromatic nitrogens is 4. The summed E-state index contributed by atoms with van der Waals surface area (Å²) in [5.74, 6) is -0.730. The zero-order valence-corrected chi connectivity index (χ0v) is 13.8. The Balaban J connectivity index is 2.10. The van der Waals surface area contributed by atoms with Gasteiger partial charge in [-0.2, -0.15) is 5.10 Å². The third kappa shape index (κ3) is 2.52. The van der Waals surface area contributed by atoms with Crippen LogP contribution in [0, 0.1) is 5.82 Å². The molecule has 8 heteroatoms. The minimum absolute atomic E-state index is 0.00375. The van der Waals surface area contributed by atoms with E-state index in [-0.39, 0.29) is 23.3 Å². The normalized spacial score (nSPS) is 11.2. The molecule has 0 bridgehead atoms. The van der Waals surface area contributed by atoms with E-state index in [4.69, 9.17) is 0 Å². The first-order valence-corrected chi connectivity index (χ1v) is 7.90. The lowest BCUT2D eigenvalue weighted by Gasteiger charge is -2.15. The van der Waals surface area contributed by atoms with Crippen molar-refractivity contribution in [3.05, 3.63) is 65.1 Å². The SMILES string of the molecule is CNC(=O)Cn1c2ccc(F)cc2c(=O)c2ccc(-n3cncn3)cc21. The Morgan fingerprint density at radius 3 is 2.73 bits per heavy atom. The van der Waals surface area contributed by atoms with Gasteiger partial charge in [-0.25, -0.2) is 14.1 Å². The molecule has 0 atom stereocenters. The second-order valence-corrected chi connectivity index (χ2v) is 5.79. The van der Waals surface area contributed by atoms with Crippen LogP contribution in [0.3, 0.4) is 0 Å². The smallest absolute Gasteiger partial charge is 0.239 e. The molecular weight excluding hydrogens is 337 g/mol. The summed E-state index contributed by atoms with van der Waals surface area (Å²) in [6.07, 6.45) is 2.95. The van der Waals surface area contributed by atoms with E-state index in [0.29, 0.717) is 22.1 Å². The maximum atomic E-state index is 13.7. The summed E-state index contributed by atoms with van der Waals surface area (Å²) < 4.78 is 16.9. The van der Waals surface area contributed by atoms with Crippen LogP contribution in [-0.2, 0) is 11.3 Å². The number of halogens is 1. The Morgan fingerprint density at radius 2 is 2.00 bits per heavy atom. The standard InChI is InChI=1S/C18H14FN5O2/c1-20-17(25)8-23-15-5-2-11(19)6-14(15)18(26)13-4-3-12(7-16(13)23)24-10-21-9-22-24/h2-7,9-10H,8H2,1H3,(H,20,25). The largest absolute Gasteiger partial charge is 0.358 e. The molecule has 0 aliphatic rings. The van der Waals surface area contributed by atoms with Crippen LogP contribution in [0.4, 0.5) is 4.39 Å². The van der Waals surface area contributed by atoms with Crippen LogP contribution in [0.25, 0.3) is 27.5 Å². The molecule has 4 rings (SSSR count). The van der Waals surface area contributed by atoms with E-state index in [9.17, 15) is 14.0 Å². The van der Waals surface area contributed by atoms with Gasteiger partial charge in [-0.1, -0.05) is 0 Å². The minimum Gasteiger partial charge on any atom is -0.358 e. The predicted octanol–water partition coefficient (Wildman–Crippen LogP) is 1.62.